The van der Waals surface area contributed by atoms with Gasteiger partial charge < -0.3 is 18.6 Å². The van der Waals surface area contributed by atoms with Gasteiger partial charge in [0.05, 0.1) is 48.1 Å². The number of ether oxygens (including phenoxy) is 2. The maximum atomic E-state index is 12.5. The number of carbonyl (C=O) groups is 2. The van der Waals surface area contributed by atoms with E-state index in [2.05, 4.69) is 32.9 Å². The van der Waals surface area contributed by atoms with Crippen LogP contribution in [0.15, 0.2) is 60.1 Å². The van der Waals surface area contributed by atoms with E-state index in [1.54, 1.807) is 30.5 Å². The fraction of sp³-hybridized carbons (Fsp3) is 0.273. The Kier molecular flexibility index (Phi) is 9.42. The predicted octanol–water partition coefficient (Wildman–Crippen LogP) is 5.29. The minimum Gasteiger partial charge on any atom is -0.461 e. The molecule has 0 atom stereocenters. The van der Waals surface area contributed by atoms with E-state index in [-0.39, 0.29) is 37.4 Å². The van der Waals surface area contributed by atoms with Crippen molar-refractivity contribution in [2.75, 3.05) is 18.6 Å². The summed E-state index contributed by atoms with van der Waals surface area (Å²) in [6.45, 7) is 8.01. The molecule has 14 nitrogen and oxygen atoms in total. The van der Waals surface area contributed by atoms with E-state index in [0.717, 1.165) is 28.0 Å². The van der Waals surface area contributed by atoms with Gasteiger partial charge in [-0.25, -0.2) is 9.59 Å². The molecule has 5 aromatic rings. The number of carbonyl (C=O) groups excluding carboxylic acids is 2. The normalized spacial score (nSPS) is 11.3. The van der Waals surface area contributed by atoms with Crippen LogP contribution in [0.4, 0.5) is 5.69 Å². The molecule has 14 heteroatoms. The molecule has 3 heterocycles. The Morgan fingerprint density at radius 3 is 2.21 bits per heavy atom. The maximum Gasteiger partial charge on any atom is 0.360 e. The number of esters is 2. The van der Waals surface area contributed by atoms with Gasteiger partial charge in [0.15, 0.2) is 11.4 Å². The van der Waals surface area contributed by atoms with Gasteiger partial charge in [-0.2, -0.15) is 25.5 Å². The molecule has 0 unspecified atom stereocenters. The standard InChI is InChI=1S/C33H32N10O4/c1-20(2)41-18-22(14-34)26-12-24(6-8-30(26)41)39-37-16-28(36)32(44)46-10-5-11-47-33(45)29-17-38-43(40-29)25-7-9-31-27(13-25)23(15-35)19-42(31)21(3)4/h6-9,12-13,16-21,36,39H,5,10-11H2,1-4H3/b36-28?,37-16-. The van der Waals surface area contributed by atoms with Crippen LogP contribution in [-0.4, -0.2) is 61.2 Å². The number of hydrogen-bond donors (Lipinski definition) is 2. The number of anilines is 1. The van der Waals surface area contributed by atoms with E-state index < -0.39 is 17.7 Å². The van der Waals surface area contributed by atoms with Gasteiger partial charge in [0.25, 0.3) is 0 Å². The first kappa shape index (κ1) is 32.1. The molecule has 0 radical (unpaired) electrons. The summed E-state index contributed by atoms with van der Waals surface area (Å²) in [6.07, 6.45) is 6.13. The molecule has 0 aliphatic carbocycles. The van der Waals surface area contributed by atoms with Crippen LogP contribution >= 0.6 is 0 Å². The number of fused-ring (bicyclic) bond motifs is 2. The van der Waals surface area contributed by atoms with Crippen molar-refractivity contribution < 1.29 is 19.1 Å². The van der Waals surface area contributed by atoms with Crippen molar-refractivity contribution in [3.05, 3.63) is 71.8 Å². The number of rotatable bonds is 12. The Labute approximate surface area is 269 Å². The molecule has 0 bridgehead atoms. The molecule has 0 amide bonds. The zero-order valence-electron chi connectivity index (χ0n) is 26.3. The van der Waals surface area contributed by atoms with Crippen molar-refractivity contribution >= 4 is 51.4 Å². The number of benzene rings is 2. The third-order valence-electron chi connectivity index (χ3n) is 7.30. The van der Waals surface area contributed by atoms with Crippen LogP contribution in [0.5, 0.6) is 0 Å². The average molecular weight is 633 g/mol. The quantitative estimate of drug-likeness (QED) is 0.0797. The van der Waals surface area contributed by atoms with Gasteiger partial charge in [-0.05, 0) is 64.1 Å². The number of nitriles is 2. The Morgan fingerprint density at radius 2 is 1.57 bits per heavy atom. The molecular weight excluding hydrogens is 600 g/mol. The largest absolute Gasteiger partial charge is 0.461 e. The number of nitrogens with one attached hydrogen (secondary N) is 2. The van der Waals surface area contributed by atoms with Crippen LogP contribution in [0.3, 0.4) is 0 Å². The van der Waals surface area contributed by atoms with Crippen molar-refractivity contribution in [1.29, 1.82) is 15.9 Å². The second-order valence-electron chi connectivity index (χ2n) is 11.2. The van der Waals surface area contributed by atoms with Gasteiger partial charge in [0.2, 0.25) is 0 Å². The summed E-state index contributed by atoms with van der Waals surface area (Å²) in [6, 6.07) is 15.7. The molecule has 5 rings (SSSR count). The van der Waals surface area contributed by atoms with Crippen LogP contribution in [0.2, 0.25) is 0 Å². The van der Waals surface area contributed by atoms with Crippen LogP contribution < -0.4 is 5.43 Å². The van der Waals surface area contributed by atoms with Crippen LogP contribution in [0.25, 0.3) is 27.5 Å². The van der Waals surface area contributed by atoms with E-state index >= 15 is 0 Å². The summed E-state index contributed by atoms with van der Waals surface area (Å²) in [5.41, 5.74) is 6.35. The Hall–Kier alpha value is -6.28. The van der Waals surface area contributed by atoms with Gasteiger partial charge in [0, 0.05) is 52.7 Å². The highest BCUT2D eigenvalue weighted by molar-refractivity contribution is 6.58. The summed E-state index contributed by atoms with van der Waals surface area (Å²) < 4.78 is 14.3. The molecule has 2 N–H and O–H groups in total. The van der Waals surface area contributed by atoms with E-state index in [4.69, 9.17) is 14.9 Å². The van der Waals surface area contributed by atoms with Crippen molar-refractivity contribution in [3.8, 4) is 17.8 Å². The van der Waals surface area contributed by atoms with Crippen LogP contribution in [-0.2, 0) is 14.3 Å². The average Bonchev–Trinajstić information content (AvgIpc) is 3.79. The first-order valence-electron chi connectivity index (χ1n) is 14.8. The molecule has 2 aromatic carbocycles. The van der Waals surface area contributed by atoms with Gasteiger partial charge in [-0.1, -0.05) is 0 Å². The summed E-state index contributed by atoms with van der Waals surface area (Å²) in [7, 11) is 0. The lowest BCUT2D eigenvalue weighted by molar-refractivity contribution is -0.135. The molecule has 0 aliphatic rings. The van der Waals surface area contributed by atoms with E-state index in [1.807, 2.05) is 55.2 Å². The lowest BCUT2D eigenvalue weighted by atomic mass is 10.1. The minimum absolute atomic E-state index is 0.00618. The summed E-state index contributed by atoms with van der Waals surface area (Å²) in [4.78, 5) is 26.0. The summed E-state index contributed by atoms with van der Waals surface area (Å²) in [5.74, 6) is -1.58. The predicted molar refractivity (Wildman–Crippen MR) is 175 cm³/mol. The Bertz CT molecular complexity index is 2100. The molecule has 238 valence electrons. The highest BCUT2D eigenvalue weighted by Crippen LogP contribution is 2.28. The molecule has 0 aliphatic heterocycles. The van der Waals surface area contributed by atoms with Gasteiger partial charge >= 0.3 is 11.9 Å². The summed E-state index contributed by atoms with van der Waals surface area (Å²) in [5, 5.41) is 40.8. The smallest absolute Gasteiger partial charge is 0.360 e. The number of hydrazone groups is 1. The Morgan fingerprint density at radius 1 is 0.957 bits per heavy atom. The SMILES string of the molecule is CC(C)n1cc(C#N)c2cc(N/N=C\C(=N)C(=O)OCCCOC(=O)c3cnn(-c4ccc5c(c4)c(C#N)cn5C(C)C)n3)ccc21. The van der Waals surface area contributed by atoms with Crippen molar-refractivity contribution in [2.45, 2.75) is 46.2 Å². The summed E-state index contributed by atoms with van der Waals surface area (Å²) >= 11 is 0. The monoisotopic (exact) mass is 632 g/mol. The van der Waals surface area contributed by atoms with Crippen LogP contribution in [0, 0.1) is 28.1 Å². The first-order valence-corrected chi connectivity index (χ1v) is 14.8. The zero-order chi connectivity index (χ0) is 33.7. The molecule has 47 heavy (non-hydrogen) atoms. The molecular formula is C33H32N10O4. The fourth-order valence-electron chi connectivity index (χ4n) is 4.97. The number of hydrogen-bond acceptors (Lipinski definition) is 11. The third kappa shape index (κ3) is 6.87. The zero-order valence-corrected chi connectivity index (χ0v) is 26.3. The van der Waals surface area contributed by atoms with Crippen molar-refractivity contribution in [3.63, 3.8) is 0 Å². The number of aromatic nitrogens is 5. The molecule has 0 saturated carbocycles. The van der Waals surface area contributed by atoms with Crippen molar-refractivity contribution in [2.24, 2.45) is 5.10 Å². The third-order valence-corrected chi connectivity index (χ3v) is 7.30. The second-order valence-corrected chi connectivity index (χ2v) is 11.2. The first-order chi connectivity index (χ1) is 22.6. The van der Waals surface area contributed by atoms with E-state index in [9.17, 15) is 20.1 Å². The van der Waals surface area contributed by atoms with E-state index in [1.165, 1.54) is 11.0 Å². The maximum absolute atomic E-state index is 12.5. The van der Waals surface area contributed by atoms with Gasteiger partial charge in [0.1, 0.15) is 12.1 Å². The molecule has 0 spiro atoms. The minimum atomic E-state index is -0.888. The highest BCUT2D eigenvalue weighted by Gasteiger charge is 2.16. The molecule has 0 fully saturated rings. The lowest BCUT2D eigenvalue weighted by Crippen LogP contribution is -2.19. The molecule has 3 aromatic heterocycles. The van der Waals surface area contributed by atoms with Crippen LogP contribution in [0.1, 0.15) is 67.8 Å². The van der Waals surface area contributed by atoms with E-state index in [0.29, 0.717) is 22.5 Å². The molecule has 0 saturated heterocycles. The second kappa shape index (κ2) is 13.8. The number of nitrogens with zero attached hydrogens (tertiary/aromatic N) is 8. The van der Waals surface area contributed by atoms with Crippen molar-refractivity contribution in [1.82, 2.24) is 24.1 Å². The fourth-order valence-corrected chi connectivity index (χ4v) is 4.97. The van der Waals surface area contributed by atoms with Gasteiger partial charge in [-0.15, -0.1) is 5.10 Å². The topological polar surface area (TPSA) is 189 Å². The lowest BCUT2D eigenvalue weighted by Gasteiger charge is -2.09. The van der Waals surface area contributed by atoms with Gasteiger partial charge in [-0.3, -0.25) is 10.8 Å². The Balaban J connectivity index is 1.07. The highest BCUT2D eigenvalue weighted by atomic mass is 16.5.